The maximum Gasteiger partial charge on any atom is 0.0342 e. The molecule has 0 radical (unpaired) electrons. The standard InChI is InChI=1S/C12H25N.C12H19N.2C11H23N.C9H22N2.C9H21N/c2*1-9(2)11-5-7-12(8-6-11)13-10(3)4;1-9(2)11-5-7-12(8-6-11)10(3)4;1-9(2)11-6-5-7-12(8-11)10(3)4;1-8(2)10-6-5-7-11-9(3)4;1-8(2)6-5-7-10-9(3)4/h9-13H,5-8H2,1-4H3;5-10,13H,1-4H3;2*9-11H,5-8H2,1-4H3;8-11H,5-7H2,1-4H3;8-10H,5-7H2,1-4H3. The van der Waals surface area contributed by atoms with Gasteiger partial charge in [0.1, 0.15) is 0 Å². The van der Waals surface area contributed by atoms with Gasteiger partial charge in [-0.25, -0.2) is 0 Å². The van der Waals surface area contributed by atoms with Crippen molar-refractivity contribution in [1.82, 2.24) is 31.1 Å². The van der Waals surface area contributed by atoms with Crippen LogP contribution < -0.4 is 26.6 Å². The summed E-state index contributed by atoms with van der Waals surface area (Å²) >= 11 is 0. The second kappa shape index (κ2) is 42.9. The molecule has 71 heavy (non-hydrogen) atoms. The van der Waals surface area contributed by atoms with Crippen molar-refractivity contribution < 1.29 is 0 Å². The van der Waals surface area contributed by atoms with E-state index in [1.54, 1.807) is 0 Å². The first-order valence-corrected chi connectivity index (χ1v) is 30.5. The van der Waals surface area contributed by atoms with Crippen molar-refractivity contribution in [3.63, 3.8) is 0 Å². The topological polar surface area (TPSA) is 66.6 Å². The molecular weight excluding hydrogens is 867 g/mol. The SMILES string of the molecule is CC(C)C1CCCN(C(C)C)C1.CC(C)C1CCN(C(C)C)CC1.CC(C)CCCNC(C)C.CC(C)NC1CCC(C(C)C)CC1.CC(C)NCCCNC(C)C.CC(C)Nc1ccc(C(C)C)cc1. The summed E-state index contributed by atoms with van der Waals surface area (Å²) in [6.45, 7) is 62.9. The average molecular weight is 1000 g/mol. The maximum absolute atomic E-state index is 3.64. The second-order valence-electron chi connectivity index (χ2n) is 25.9. The van der Waals surface area contributed by atoms with E-state index in [1.807, 2.05) is 0 Å². The molecule has 4 rings (SSSR count). The van der Waals surface area contributed by atoms with E-state index in [-0.39, 0.29) is 0 Å². The first-order valence-electron chi connectivity index (χ1n) is 30.5. The highest BCUT2D eigenvalue weighted by Crippen LogP contribution is 2.30. The van der Waals surface area contributed by atoms with Crippen molar-refractivity contribution in [2.75, 3.05) is 51.1 Å². The van der Waals surface area contributed by atoms with E-state index >= 15 is 0 Å². The quantitative estimate of drug-likeness (QED) is 0.0787. The summed E-state index contributed by atoms with van der Waals surface area (Å²) in [6.07, 6.45) is 15.2. The number of nitrogens with one attached hydrogen (secondary N) is 5. The molecule has 5 N–H and O–H groups in total. The first kappa shape index (κ1) is 71.9. The lowest BCUT2D eigenvalue weighted by Gasteiger charge is -2.37. The van der Waals surface area contributed by atoms with Gasteiger partial charge in [-0.1, -0.05) is 137 Å². The summed E-state index contributed by atoms with van der Waals surface area (Å²) < 4.78 is 0. The van der Waals surface area contributed by atoms with Gasteiger partial charge in [-0.3, -0.25) is 0 Å². The summed E-state index contributed by atoms with van der Waals surface area (Å²) in [4.78, 5) is 5.22. The Morgan fingerprint density at radius 3 is 1.24 bits per heavy atom. The lowest BCUT2D eigenvalue weighted by Crippen LogP contribution is -2.41. The number of hydrogen-bond acceptors (Lipinski definition) is 7. The van der Waals surface area contributed by atoms with Gasteiger partial charge in [0.15, 0.2) is 0 Å². The van der Waals surface area contributed by atoms with Crippen LogP contribution in [0.25, 0.3) is 0 Å². The normalized spacial score (nSPS) is 19.2. The van der Waals surface area contributed by atoms with Crippen LogP contribution in [0.1, 0.15) is 248 Å². The third-order valence-electron chi connectivity index (χ3n) is 14.7. The van der Waals surface area contributed by atoms with Crippen molar-refractivity contribution in [1.29, 1.82) is 0 Å². The molecule has 3 aliphatic rings. The number of hydrogen-bond donors (Lipinski definition) is 5. The van der Waals surface area contributed by atoms with Crippen LogP contribution in [0.3, 0.4) is 0 Å². The van der Waals surface area contributed by atoms with Crippen LogP contribution in [0.15, 0.2) is 24.3 Å². The number of anilines is 1. The Balaban J connectivity index is 0. The van der Waals surface area contributed by atoms with Crippen LogP contribution in [0.5, 0.6) is 0 Å². The van der Waals surface area contributed by atoms with Gasteiger partial charge in [0, 0.05) is 60.6 Å². The van der Waals surface area contributed by atoms with Gasteiger partial charge in [-0.05, 0) is 216 Å². The van der Waals surface area contributed by atoms with Crippen molar-refractivity contribution >= 4 is 5.69 Å². The van der Waals surface area contributed by atoms with E-state index in [4.69, 9.17) is 0 Å². The molecule has 0 spiro atoms. The van der Waals surface area contributed by atoms with Crippen LogP contribution in [-0.4, -0.2) is 104 Å². The molecule has 1 unspecified atom stereocenters. The average Bonchev–Trinajstić information content (AvgIpc) is 3.28. The smallest absolute Gasteiger partial charge is 0.0342 e. The predicted octanol–water partition coefficient (Wildman–Crippen LogP) is 16.1. The lowest BCUT2D eigenvalue weighted by molar-refractivity contribution is 0.117. The number of nitrogens with zero attached hydrogens (tertiary/aromatic N) is 2. The fraction of sp³-hybridized carbons (Fsp3) is 0.906. The van der Waals surface area contributed by atoms with E-state index < -0.39 is 0 Å². The van der Waals surface area contributed by atoms with Crippen LogP contribution in [0.4, 0.5) is 5.69 Å². The summed E-state index contributed by atoms with van der Waals surface area (Å²) in [5.41, 5.74) is 2.61. The monoisotopic (exact) mass is 1000 g/mol. The largest absolute Gasteiger partial charge is 0.383 e. The molecule has 1 atom stereocenters. The van der Waals surface area contributed by atoms with Crippen molar-refractivity contribution in [2.45, 2.75) is 291 Å². The van der Waals surface area contributed by atoms with E-state index in [9.17, 15) is 0 Å². The van der Waals surface area contributed by atoms with E-state index in [1.165, 1.54) is 115 Å². The van der Waals surface area contributed by atoms with Gasteiger partial charge in [-0.2, -0.15) is 0 Å². The maximum atomic E-state index is 3.64. The highest BCUT2D eigenvalue weighted by atomic mass is 15.2. The molecule has 424 valence electrons. The minimum Gasteiger partial charge on any atom is -0.383 e. The Labute approximate surface area is 448 Å². The molecule has 1 aromatic carbocycles. The Morgan fingerprint density at radius 1 is 0.437 bits per heavy atom. The molecule has 2 saturated heterocycles. The predicted molar refractivity (Wildman–Crippen MR) is 325 cm³/mol. The van der Waals surface area contributed by atoms with E-state index in [2.05, 4.69) is 227 Å². The van der Waals surface area contributed by atoms with Crippen molar-refractivity contribution in [3.8, 4) is 0 Å². The van der Waals surface area contributed by atoms with Crippen LogP contribution in [-0.2, 0) is 0 Å². The van der Waals surface area contributed by atoms with Gasteiger partial charge >= 0.3 is 0 Å². The highest BCUT2D eigenvalue weighted by Gasteiger charge is 2.25. The van der Waals surface area contributed by atoms with Gasteiger partial charge in [0.25, 0.3) is 0 Å². The lowest BCUT2D eigenvalue weighted by atomic mass is 9.79. The summed E-state index contributed by atoms with van der Waals surface area (Å²) in [5, 5.41) is 17.2. The molecule has 0 bridgehead atoms. The zero-order chi connectivity index (χ0) is 54.6. The second-order valence-corrected chi connectivity index (χ2v) is 25.9. The summed E-state index contributed by atoms with van der Waals surface area (Å²) in [5.74, 6) is 7.04. The molecule has 1 aromatic rings. The Hall–Kier alpha value is -1.22. The number of rotatable bonds is 21. The fourth-order valence-electron chi connectivity index (χ4n) is 9.65. The third-order valence-corrected chi connectivity index (χ3v) is 14.7. The highest BCUT2D eigenvalue weighted by molar-refractivity contribution is 5.45. The molecule has 7 nitrogen and oxygen atoms in total. The van der Waals surface area contributed by atoms with Crippen LogP contribution >= 0.6 is 0 Å². The Kier molecular flexibility index (Phi) is 43.5. The minimum absolute atomic E-state index is 0.505. The van der Waals surface area contributed by atoms with Crippen molar-refractivity contribution in [2.24, 2.45) is 41.4 Å². The number of likely N-dealkylation sites (tertiary alicyclic amines) is 2. The molecule has 1 aliphatic carbocycles. The molecule has 1 saturated carbocycles. The molecule has 3 fully saturated rings. The number of benzene rings is 1. The van der Waals surface area contributed by atoms with Gasteiger partial charge in [0.2, 0.25) is 0 Å². The minimum atomic E-state index is 0.505. The molecular formula is C64H133N7. The zero-order valence-corrected chi connectivity index (χ0v) is 52.7. The summed E-state index contributed by atoms with van der Waals surface area (Å²) in [6, 6.07) is 14.0. The number of piperidine rings is 2. The van der Waals surface area contributed by atoms with Crippen LogP contribution in [0, 0.1) is 41.4 Å². The zero-order valence-electron chi connectivity index (χ0n) is 52.7. The van der Waals surface area contributed by atoms with E-state index in [0.717, 1.165) is 72.6 Å². The Bertz CT molecular complexity index is 1220. The first-order chi connectivity index (χ1) is 33.2. The Morgan fingerprint density at radius 2 is 0.873 bits per heavy atom. The molecule has 0 aromatic heterocycles. The molecule has 0 amide bonds. The van der Waals surface area contributed by atoms with Crippen LogP contribution in [0.2, 0.25) is 0 Å². The van der Waals surface area contributed by atoms with Gasteiger partial charge in [0.05, 0.1) is 0 Å². The van der Waals surface area contributed by atoms with Gasteiger partial charge in [-0.15, -0.1) is 0 Å². The van der Waals surface area contributed by atoms with Crippen molar-refractivity contribution in [3.05, 3.63) is 29.8 Å². The van der Waals surface area contributed by atoms with Gasteiger partial charge < -0.3 is 36.4 Å². The van der Waals surface area contributed by atoms with E-state index in [0.29, 0.717) is 36.1 Å². The molecule has 2 heterocycles. The molecule has 2 aliphatic heterocycles. The summed E-state index contributed by atoms with van der Waals surface area (Å²) in [7, 11) is 0. The molecule has 7 heteroatoms. The third kappa shape index (κ3) is 41.7. The fourth-order valence-corrected chi connectivity index (χ4v) is 9.65.